The maximum atomic E-state index is 11.9. The molecule has 0 aromatic carbocycles. The minimum Gasteiger partial charge on any atom is -0.354 e. The molecule has 18 heavy (non-hydrogen) atoms. The van der Waals surface area contributed by atoms with Crippen LogP contribution in [0.3, 0.4) is 0 Å². The van der Waals surface area contributed by atoms with Gasteiger partial charge in [0.15, 0.2) is 0 Å². The van der Waals surface area contributed by atoms with Crippen LogP contribution in [0.2, 0.25) is 0 Å². The first kappa shape index (κ1) is 13.8. The van der Waals surface area contributed by atoms with E-state index in [0.29, 0.717) is 5.92 Å². The van der Waals surface area contributed by atoms with Gasteiger partial charge in [0.25, 0.3) is 0 Å². The molecule has 4 heteroatoms. The summed E-state index contributed by atoms with van der Waals surface area (Å²) in [6, 6.07) is 0. The minimum absolute atomic E-state index is 0.0312. The van der Waals surface area contributed by atoms with Crippen molar-refractivity contribution in [2.75, 3.05) is 26.2 Å². The summed E-state index contributed by atoms with van der Waals surface area (Å²) >= 11 is 0. The fraction of sp³-hybridized carbons (Fsp3) is 0.929. The lowest BCUT2D eigenvalue weighted by Crippen LogP contribution is -2.53. The van der Waals surface area contributed by atoms with Crippen LogP contribution in [0.15, 0.2) is 0 Å². The standard InChI is InChI=1S/C14H27N3O/c1-14(15,12-6-7-12)13(18)16-8-5-11-17-9-3-2-4-10-17/h12H,2-11,15H2,1H3,(H,16,18). The van der Waals surface area contributed by atoms with Crippen molar-refractivity contribution in [3.05, 3.63) is 0 Å². The van der Waals surface area contributed by atoms with Gasteiger partial charge in [-0.3, -0.25) is 4.79 Å². The lowest BCUT2D eigenvalue weighted by atomic mass is 9.96. The highest BCUT2D eigenvalue weighted by molar-refractivity contribution is 5.86. The lowest BCUT2D eigenvalue weighted by molar-refractivity contribution is -0.126. The fourth-order valence-corrected chi connectivity index (χ4v) is 2.75. The van der Waals surface area contributed by atoms with Crippen LogP contribution in [-0.2, 0) is 4.79 Å². The van der Waals surface area contributed by atoms with Gasteiger partial charge in [-0.25, -0.2) is 0 Å². The molecule has 0 aromatic heterocycles. The molecular formula is C14H27N3O. The summed E-state index contributed by atoms with van der Waals surface area (Å²) in [4.78, 5) is 14.4. The molecule has 1 saturated heterocycles. The van der Waals surface area contributed by atoms with Gasteiger partial charge in [-0.05, 0) is 64.6 Å². The Hall–Kier alpha value is -0.610. The smallest absolute Gasteiger partial charge is 0.240 e. The zero-order chi connectivity index (χ0) is 13.0. The summed E-state index contributed by atoms with van der Waals surface area (Å²) in [5.41, 5.74) is 5.42. The van der Waals surface area contributed by atoms with Crippen molar-refractivity contribution in [3.63, 3.8) is 0 Å². The topological polar surface area (TPSA) is 58.4 Å². The number of nitrogens with zero attached hydrogens (tertiary/aromatic N) is 1. The van der Waals surface area contributed by atoms with Crippen molar-refractivity contribution in [2.45, 2.75) is 51.0 Å². The van der Waals surface area contributed by atoms with E-state index in [4.69, 9.17) is 5.73 Å². The van der Waals surface area contributed by atoms with Gasteiger partial charge in [0.1, 0.15) is 0 Å². The highest BCUT2D eigenvalue weighted by Gasteiger charge is 2.43. The number of hydrogen-bond donors (Lipinski definition) is 2. The predicted molar refractivity (Wildman–Crippen MR) is 73.2 cm³/mol. The van der Waals surface area contributed by atoms with Crippen molar-refractivity contribution in [2.24, 2.45) is 11.7 Å². The molecule has 1 saturated carbocycles. The SMILES string of the molecule is CC(N)(C(=O)NCCCN1CCCCC1)C1CC1. The maximum Gasteiger partial charge on any atom is 0.240 e. The van der Waals surface area contributed by atoms with Crippen LogP contribution in [-0.4, -0.2) is 42.5 Å². The van der Waals surface area contributed by atoms with Crippen LogP contribution in [0.1, 0.15) is 45.4 Å². The molecule has 2 aliphatic rings. The molecule has 0 radical (unpaired) electrons. The van der Waals surface area contributed by atoms with Crippen LogP contribution < -0.4 is 11.1 Å². The molecular weight excluding hydrogens is 226 g/mol. The van der Waals surface area contributed by atoms with Crippen LogP contribution >= 0.6 is 0 Å². The molecule has 104 valence electrons. The second-order valence-electron chi connectivity index (χ2n) is 6.07. The Balaban J connectivity index is 1.58. The third kappa shape index (κ3) is 3.69. The van der Waals surface area contributed by atoms with Gasteiger partial charge in [-0.1, -0.05) is 6.42 Å². The van der Waals surface area contributed by atoms with E-state index in [1.54, 1.807) is 0 Å². The number of amides is 1. The molecule has 3 N–H and O–H groups in total. The van der Waals surface area contributed by atoms with E-state index in [1.165, 1.54) is 32.4 Å². The highest BCUT2D eigenvalue weighted by Crippen LogP contribution is 2.38. The summed E-state index contributed by atoms with van der Waals surface area (Å²) in [5, 5.41) is 2.99. The van der Waals surface area contributed by atoms with Crippen molar-refractivity contribution in [3.8, 4) is 0 Å². The number of carbonyl (C=O) groups is 1. The first-order valence-electron chi connectivity index (χ1n) is 7.40. The molecule has 1 heterocycles. The lowest BCUT2D eigenvalue weighted by Gasteiger charge is -2.27. The zero-order valence-corrected chi connectivity index (χ0v) is 11.6. The van der Waals surface area contributed by atoms with Gasteiger partial charge in [0.2, 0.25) is 5.91 Å². The number of hydrogen-bond acceptors (Lipinski definition) is 3. The van der Waals surface area contributed by atoms with Gasteiger partial charge in [0.05, 0.1) is 5.54 Å². The normalized spacial score (nSPS) is 24.6. The molecule has 1 amide bonds. The molecule has 1 unspecified atom stereocenters. The predicted octanol–water partition coefficient (Wildman–Crippen LogP) is 1.11. The molecule has 4 nitrogen and oxygen atoms in total. The summed E-state index contributed by atoms with van der Waals surface area (Å²) in [5.74, 6) is 0.434. The van der Waals surface area contributed by atoms with E-state index < -0.39 is 5.54 Å². The van der Waals surface area contributed by atoms with Gasteiger partial charge in [-0.2, -0.15) is 0 Å². The van der Waals surface area contributed by atoms with E-state index in [1.807, 2.05) is 6.92 Å². The average molecular weight is 253 g/mol. The Labute approximate surface area is 110 Å². The number of rotatable bonds is 6. The third-order valence-corrected chi connectivity index (χ3v) is 4.30. The zero-order valence-electron chi connectivity index (χ0n) is 11.6. The van der Waals surface area contributed by atoms with Gasteiger partial charge < -0.3 is 16.0 Å². The van der Waals surface area contributed by atoms with Gasteiger partial charge >= 0.3 is 0 Å². The van der Waals surface area contributed by atoms with Gasteiger partial charge in [-0.15, -0.1) is 0 Å². The molecule has 0 spiro atoms. The number of piperidine rings is 1. The van der Waals surface area contributed by atoms with Crippen LogP contribution in [0.25, 0.3) is 0 Å². The van der Waals surface area contributed by atoms with Crippen molar-refractivity contribution >= 4 is 5.91 Å². The van der Waals surface area contributed by atoms with Crippen molar-refractivity contribution in [1.82, 2.24) is 10.2 Å². The van der Waals surface area contributed by atoms with Crippen LogP contribution in [0.5, 0.6) is 0 Å². The number of nitrogens with two attached hydrogens (primary N) is 1. The van der Waals surface area contributed by atoms with Gasteiger partial charge in [0, 0.05) is 6.54 Å². The molecule has 1 aliphatic carbocycles. The first-order valence-corrected chi connectivity index (χ1v) is 7.40. The van der Waals surface area contributed by atoms with E-state index in [2.05, 4.69) is 10.2 Å². The Morgan fingerprint density at radius 1 is 1.33 bits per heavy atom. The van der Waals surface area contributed by atoms with E-state index in [0.717, 1.165) is 32.4 Å². The second kappa shape index (κ2) is 6.02. The molecule has 1 atom stereocenters. The van der Waals surface area contributed by atoms with E-state index >= 15 is 0 Å². The summed E-state index contributed by atoms with van der Waals surface area (Å²) in [7, 11) is 0. The Kier molecular flexibility index (Phi) is 4.62. The molecule has 2 rings (SSSR count). The Morgan fingerprint density at radius 3 is 2.61 bits per heavy atom. The highest BCUT2D eigenvalue weighted by atomic mass is 16.2. The molecule has 0 aromatic rings. The van der Waals surface area contributed by atoms with Crippen molar-refractivity contribution in [1.29, 1.82) is 0 Å². The Morgan fingerprint density at radius 2 is 2.00 bits per heavy atom. The first-order chi connectivity index (χ1) is 8.60. The van der Waals surface area contributed by atoms with Crippen molar-refractivity contribution < 1.29 is 4.79 Å². The Bertz CT molecular complexity index is 281. The number of nitrogens with one attached hydrogen (secondary N) is 1. The molecule has 1 aliphatic heterocycles. The van der Waals surface area contributed by atoms with Crippen LogP contribution in [0, 0.1) is 5.92 Å². The van der Waals surface area contributed by atoms with E-state index in [-0.39, 0.29) is 5.91 Å². The largest absolute Gasteiger partial charge is 0.354 e. The third-order valence-electron chi connectivity index (χ3n) is 4.30. The monoisotopic (exact) mass is 253 g/mol. The second-order valence-corrected chi connectivity index (χ2v) is 6.07. The summed E-state index contributed by atoms with van der Waals surface area (Å²) in [6.45, 7) is 6.18. The summed E-state index contributed by atoms with van der Waals surface area (Å²) in [6.07, 6.45) is 7.28. The number of likely N-dealkylation sites (tertiary alicyclic amines) is 1. The van der Waals surface area contributed by atoms with Crippen LogP contribution in [0.4, 0.5) is 0 Å². The quantitative estimate of drug-likeness (QED) is 0.697. The minimum atomic E-state index is -0.648. The summed E-state index contributed by atoms with van der Waals surface area (Å²) < 4.78 is 0. The maximum absolute atomic E-state index is 11.9. The average Bonchev–Trinajstić information content (AvgIpc) is 3.20. The fourth-order valence-electron chi connectivity index (χ4n) is 2.75. The molecule has 2 fully saturated rings. The number of carbonyl (C=O) groups excluding carboxylic acids is 1. The molecule has 0 bridgehead atoms. The van der Waals surface area contributed by atoms with E-state index in [9.17, 15) is 4.79 Å².